The van der Waals surface area contributed by atoms with E-state index in [0.717, 1.165) is 38.6 Å². The average molecular weight is 713 g/mol. The Kier molecular flexibility index (Phi) is 11.4. The van der Waals surface area contributed by atoms with Crippen molar-refractivity contribution in [2.75, 3.05) is 22.9 Å². The first-order chi connectivity index (χ1) is 23.9. The predicted octanol–water partition coefficient (Wildman–Crippen LogP) is 4.43. The second-order valence-electron chi connectivity index (χ2n) is 11.6. The van der Waals surface area contributed by atoms with E-state index in [1.54, 1.807) is 31.2 Å². The fourth-order valence-electron chi connectivity index (χ4n) is 5.05. The largest absolute Gasteiger partial charge is 0.381 e. The molecule has 0 spiro atoms. The van der Waals surface area contributed by atoms with Gasteiger partial charge in [0.2, 0.25) is 15.2 Å². The van der Waals surface area contributed by atoms with Gasteiger partial charge in [-0.3, -0.25) is 24.0 Å². The Bertz CT molecular complexity index is 2060. The Morgan fingerprint density at radius 2 is 1.38 bits per heavy atom. The van der Waals surface area contributed by atoms with Crippen molar-refractivity contribution in [2.45, 2.75) is 31.5 Å². The Hall–Kier alpha value is -5.44. The Morgan fingerprint density at radius 3 is 1.98 bits per heavy atom. The Balaban J connectivity index is 1.41. The average Bonchev–Trinajstić information content (AvgIpc) is 3.59. The molecule has 0 radical (unpaired) electrons. The van der Waals surface area contributed by atoms with Crippen LogP contribution in [0.3, 0.4) is 0 Å². The van der Waals surface area contributed by atoms with Crippen LogP contribution < -0.4 is 20.3 Å². The van der Waals surface area contributed by atoms with Crippen LogP contribution in [-0.4, -0.2) is 66.9 Å². The van der Waals surface area contributed by atoms with Gasteiger partial charge in [0, 0.05) is 23.7 Å². The van der Waals surface area contributed by atoms with Crippen LogP contribution in [0, 0.1) is 0 Å². The summed E-state index contributed by atoms with van der Waals surface area (Å²) in [5.74, 6) is -2.09. The van der Waals surface area contributed by atoms with Crippen molar-refractivity contribution < 1.29 is 27.9 Å². The van der Waals surface area contributed by atoms with Crippen molar-refractivity contribution in [3.05, 3.63) is 131 Å². The lowest BCUT2D eigenvalue weighted by molar-refractivity contribution is -0.125. The third-order valence-corrected chi connectivity index (χ3v) is 9.98. The number of sulfonamides is 1. The molecule has 5 aromatic rings. The highest BCUT2D eigenvalue weighted by Crippen LogP contribution is 2.26. The molecule has 0 saturated carbocycles. The zero-order valence-electron chi connectivity index (χ0n) is 27.5. The summed E-state index contributed by atoms with van der Waals surface area (Å²) in [6, 6.07) is 30.0. The molecular weight excluding hydrogens is 677 g/mol. The van der Waals surface area contributed by atoms with E-state index < -0.39 is 45.9 Å². The van der Waals surface area contributed by atoms with Crippen molar-refractivity contribution in [1.29, 1.82) is 0 Å². The third kappa shape index (κ3) is 9.16. The van der Waals surface area contributed by atoms with E-state index in [9.17, 15) is 27.9 Å². The van der Waals surface area contributed by atoms with E-state index in [2.05, 4.69) is 26.1 Å². The van der Waals surface area contributed by atoms with Gasteiger partial charge in [-0.05, 0) is 42.7 Å². The second kappa shape index (κ2) is 15.8. The van der Waals surface area contributed by atoms with E-state index >= 15 is 0 Å². The number of carbonyl (C=O) groups excluding carboxylic acids is 3. The highest BCUT2D eigenvalue weighted by atomic mass is 32.2. The number of nitrogens with zero attached hydrogens (tertiary/aromatic N) is 3. The molecule has 4 aromatic carbocycles. The molecule has 0 aliphatic rings. The zero-order valence-corrected chi connectivity index (χ0v) is 29.1. The topological polar surface area (TPSA) is 171 Å². The van der Waals surface area contributed by atoms with Gasteiger partial charge in [0.05, 0.1) is 24.0 Å². The number of aliphatic hydroxyl groups is 1. The standard InChI is InChI=1S/C36H36N6O6S2/c1-23(25-15-9-5-10-16-25)37-32(44)27-20-28(22-29(21-27)42(2)50(3,47)48)33(45)38-30(19-24-13-7-4-8-14-24)31(43)34(46)39-36-41-40-35(49-36)26-17-11-6-12-18-26/h4-18,20-23,30-31,43H,19H2,1-3H3,(H,37,44)(H,38,45)(H,39,41,46)/t23-,30+,31-/m1/s1. The van der Waals surface area contributed by atoms with Crippen LogP contribution in [-0.2, 0) is 21.2 Å². The number of amides is 3. The van der Waals surface area contributed by atoms with Crippen LogP contribution in [0.4, 0.5) is 10.8 Å². The Morgan fingerprint density at radius 1 is 0.820 bits per heavy atom. The predicted molar refractivity (Wildman–Crippen MR) is 193 cm³/mol. The number of benzene rings is 4. The van der Waals surface area contributed by atoms with Crippen LogP contribution in [0.15, 0.2) is 109 Å². The van der Waals surface area contributed by atoms with Crippen LogP contribution >= 0.6 is 11.3 Å². The smallest absolute Gasteiger partial charge is 0.257 e. The number of hydrogen-bond donors (Lipinski definition) is 4. The van der Waals surface area contributed by atoms with Crippen molar-refractivity contribution in [3.8, 4) is 10.6 Å². The molecule has 4 N–H and O–H groups in total. The summed E-state index contributed by atoms with van der Waals surface area (Å²) in [5, 5.41) is 28.4. The molecule has 5 rings (SSSR count). The van der Waals surface area contributed by atoms with Crippen LogP contribution in [0.1, 0.15) is 44.8 Å². The Labute approximate surface area is 294 Å². The molecular formula is C36H36N6O6S2. The molecule has 12 nitrogen and oxygen atoms in total. The fourth-order valence-corrected chi connectivity index (χ4v) is 6.29. The van der Waals surface area contributed by atoms with E-state index in [0.29, 0.717) is 5.01 Å². The highest BCUT2D eigenvalue weighted by Gasteiger charge is 2.30. The lowest BCUT2D eigenvalue weighted by atomic mass is 9.99. The lowest BCUT2D eigenvalue weighted by Crippen LogP contribution is -2.50. The molecule has 3 amide bonds. The third-order valence-electron chi connectivity index (χ3n) is 7.89. The van der Waals surface area contributed by atoms with Crippen molar-refractivity contribution in [2.24, 2.45) is 0 Å². The maximum atomic E-state index is 13.9. The molecule has 14 heteroatoms. The maximum Gasteiger partial charge on any atom is 0.257 e. The van der Waals surface area contributed by atoms with Gasteiger partial charge in [0.15, 0.2) is 6.10 Å². The van der Waals surface area contributed by atoms with Crippen LogP contribution in [0.2, 0.25) is 0 Å². The lowest BCUT2D eigenvalue weighted by Gasteiger charge is -2.24. The number of aromatic nitrogens is 2. The summed E-state index contributed by atoms with van der Waals surface area (Å²) in [5.41, 5.74) is 2.44. The molecule has 3 atom stereocenters. The van der Waals surface area contributed by atoms with Crippen molar-refractivity contribution in [3.63, 3.8) is 0 Å². The summed E-state index contributed by atoms with van der Waals surface area (Å²) in [6.07, 6.45) is -0.667. The number of aliphatic hydroxyl groups excluding tert-OH is 1. The van der Waals surface area contributed by atoms with Gasteiger partial charge in [-0.15, -0.1) is 10.2 Å². The number of carbonyl (C=O) groups is 3. The minimum Gasteiger partial charge on any atom is -0.381 e. The normalized spacial score (nSPS) is 13.0. The number of anilines is 2. The summed E-state index contributed by atoms with van der Waals surface area (Å²) in [7, 11) is -2.47. The van der Waals surface area contributed by atoms with E-state index in [-0.39, 0.29) is 28.4 Å². The molecule has 0 fully saturated rings. The monoisotopic (exact) mass is 712 g/mol. The molecule has 50 heavy (non-hydrogen) atoms. The zero-order chi connectivity index (χ0) is 35.8. The van der Waals surface area contributed by atoms with Crippen LogP contribution in [0.5, 0.6) is 0 Å². The van der Waals surface area contributed by atoms with E-state index in [1.807, 2.05) is 66.7 Å². The van der Waals surface area contributed by atoms with Gasteiger partial charge in [0.1, 0.15) is 5.01 Å². The SMILES string of the molecule is C[C@@H](NC(=O)c1cc(C(=O)N[C@@H](Cc2ccccc2)[C@@H](O)C(=O)Nc2nnc(-c3ccccc3)s2)cc(N(C)S(C)(=O)=O)c1)c1ccccc1. The molecule has 0 aliphatic heterocycles. The quantitative estimate of drug-likeness (QED) is 0.139. The van der Waals surface area contributed by atoms with Gasteiger partial charge in [-0.2, -0.15) is 0 Å². The summed E-state index contributed by atoms with van der Waals surface area (Å²) in [4.78, 5) is 40.6. The summed E-state index contributed by atoms with van der Waals surface area (Å²) < 4.78 is 25.9. The highest BCUT2D eigenvalue weighted by molar-refractivity contribution is 7.92. The minimum absolute atomic E-state index is 0.0364. The minimum atomic E-state index is -3.77. The number of nitrogens with one attached hydrogen (secondary N) is 3. The van der Waals surface area contributed by atoms with Gasteiger partial charge >= 0.3 is 0 Å². The van der Waals surface area contributed by atoms with Crippen molar-refractivity contribution in [1.82, 2.24) is 20.8 Å². The van der Waals surface area contributed by atoms with Gasteiger partial charge < -0.3 is 15.7 Å². The second-order valence-corrected chi connectivity index (χ2v) is 14.6. The van der Waals surface area contributed by atoms with Crippen molar-refractivity contribution >= 4 is 49.9 Å². The molecule has 1 heterocycles. The van der Waals surface area contributed by atoms with Gasteiger partial charge in [-0.25, -0.2) is 8.42 Å². The molecule has 0 bridgehead atoms. The summed E-state index contributed by atoms with van der Waals surface area (Å²) >= 11 is 1.13. The number of hydrogen-bond acceptors (Lipinski definition) is 9. The van der Waals surface area contributed by atoms with Crippen LogP contribution in [0.25, 0.3) is 10.6 Å². The first-order valence-corrected chi connectivity index (χ1v) is 18.2. The first kappa shape index (κ1) is 35.9. The van der Waals surface area contributed by atoms with E-state index in [4.69, 9.17) is 0 Å². The molecule has 0 saturated heterocycles. The van der Waals surface area contributed by atoms with E-state index in [1.165, 1.54) is 25.2 Å². The molecule has 258 valence electrons. The maximum absolute atomic E-state index is 13.9. The molecule has 0 aliphatic carbocycles. The first-order valence-electron chi connectivity index (χ1n) is 15.6. The number of rotatable bonds is 13. The van der Waals surface area contributed by atoms with Gasteiger partial charge in [0.25, 0.3) is 17.7 Å². The summed E-state index contributed by atoms with van der Waals surface area (Å²) in [6.45, 7) is 1.80. The van der Waals surface area contributed by atoms with Gasteiger partial charge in [-0.1, -0.05) is 102 Å². The fraction of sp³-hybridized carbons (Fsp3) is 0.194. The molecule has 0 unspecified atom stereocenters. The molecule has 1 aromatic heterocycles.